The van der Waals surface area contributed by atoms with E-state index in [1.807, 2.05) is 37.3 Å². The van der Waals surface area contributed by atoms with Gasteiger partial charge in [-0.1, -0.05) is 36.4 Å². The molecular weight excluding hydrogens is 306 g/mol. The molecule has 1 atom stereocenters. The number of hydrogen-bond donors (Lipinski definition) is 2. The molecule has 0 radical (unpaired) electrons. The molecular formula is C19H21NO4. The molecule has 0 fully saturated rings. The number of ether oxygens (including phenoxy) is 1. The number of methoxy groups -OCH3 is 1. The second kappa shape index (κ2) is 8.15. The molecule has 0 heterocycles. The SMILES string of the molecule is COc1cc(C(=O)NCC(Cc2ccccc2)C(=O)O)ccc1C. The lowest BCUT2D eigenvalue weighted by atomic mass is 9.99. The van der Waals surface area contributed by atoms with Crippen LogP contribution in [-0.4, -0.2) is 30.6 Å². The van der Waals surface area contributed by atoms with Gasteiger partial charge in [0, 0.05) is 12.1 Å². The smallest absolute Gasteiger partial charge is 0.308 e. The van der Waals surface area contributed by atoms with Crippen LogP contribution in [0.2, 0.25) is 0 Å². The molecule has 0 aromatic heterocycles. The summed E-state index contributed by atoms with van der Waals surface area (Å²) in [5, 5.41) is 12.1. The van der Waals surface area contributed by atoms with E-state index >= 15 is 0 Å². The van der Waals surface area contributed by atoms with Crippen LogP contribution in [0.1, 0.15) is 21.5 Å². The maximum atomic E-state index is 12.2. The number of aryl methyl sites for hydroxylation is 1. The van der Waals surface area contributed by atoms with E-state index in [1.165, 1.54) is 0 Å². The summed E-state index contributed by atoms with van der Waals surface area (Å²) in [6, 6.07) is 14.5. The van der Waals surface area contributed by atoms with Gasteiger partial charge in [-0.15, -0.1) is 0 Å². The zero-order valence-corrected chi connectivity index (χ0v) is 13.8. The van der Waals surface area contributed by atoms with Gasteiger partial charge in [0.1, 0.15) is 5.75 Å². The summed E-state index contributed by atoms with van der Waals surface area (Å²) in [7, 11) is 1.55. The molecule has 1 unspecified atom stereocenters. The van der Waals surface area contributed by atoms with Gasteiger partial charge in [-0.25, -0.2) is 0 Å². The molecule has 2 aromatic carbocycles. The molecule has 0 spiro atoms. The fourth-order valence-electron chi connectivity index (χ4n) is 2.42. The summed E-state index contributed by atoms with van der Waals surface area (Å²) in [4.78, 5) is 23.7. The lowest BCUT2D eigenvalue weighted by molar-refractivity contribution is -0.141. The standard InChI is InChI=1S/C19H21NO4/c1-13-8-9-15(11-17(13)24-2)18(21)20-12-16(19(22)23)10-14-6-4-3-5-7-14/h3-9,11,16H,10,12H2,1-2H3,(H,20,21)(H,22,23). The lowest BCUT2D eigenvalue weighted by Crippen LogP contribution is -2.34. The zero-order chi connectivity index (χ0) is 17.5. The van der Waals surface area contributed by atoms with E-state index in [9.17, 15) is 14.7 Å². The van der Waals surface area contributed by atoms with Crippen molar-refractivity contribution in [1.82, 2.24) is 5.32 Å². The number of amides is 1. The molecule has 0 aliphatic rings. The van der Waals surface area contributed by atoms with E-state index in [0.717, 1.165) is 11.1 Å². The number of aliphatic carboxylic acids is 1. The highest BCUT2D eigenvalue weighted by molar-refractivity contribution is 5.95. The Morgan fingerprint density at radius 1 is 1.17 bits per heavy atom. The summed E-state index contributed by atoms with van der Waals surface area (Å²) in [5.41, 5.74) is 2.30. The van der Waals surface area contributed by atoms with Crippen LogP contribution in [0.3, 0.4) is 0 Å². The minimum absolute atomic E-state index is 0.0687. The summed E-state index contributed by atoms with van der Waals surface area (Å²) in [6.45, 7) is 1.96. The van der Waals surface area contributed by atoms with Crippen LogP contribution in [-0.2, 0) is 11.2 Å². The summed E-state index contributed by atoms with van der Waals surface area (Å²) in [5.74, 6) is -1.29. The van der Waals surface area contributed by atoms with Crippen molar-refractivity contribution in [2.24, 2.45) is 5.92 Å². The molecule has 2 N–H and O–H groups in total. The monoisotopic (exact) mass is 327 g/mol. The molecule has 1 amide bonds. The van der Waals surface area contributed by atoms with Crippen LogP contribution in [0.25, 0.3) is 0 Å². The van der Waals surface area contributed by atoms with Crippen molar-refractivity contribution in [3.63, 3.8) is 0 Å². The fraction of sp³-hybridized carbons (Fsp3) is 0.263. The minimum atomic E-state index is -0.930. The largest absolute Gasteiger partial charge is 0.496 e. The van der Waals surface area contributed by atoms with Crippen LogP contribution < -0.4 is 10.1 Å². The van der Waals surface area contributed by atoms with Crippen molar-refractivity contribution in [1.29, 1.82) is 0 Å². The van der Waals surface area contributed by atoms with Crippen LogP contribution in [0.4, 0.5) is 0 Å². The normalized spacial score (nSPS) is 11.6. The Morgan fingerprint density at radius 2 is 1.88 bits per heavy atom. The molecule has 2 rings (SSSR count). The Hall–Kier alpha value is -2.82. The topological polar surface area (TPSA) is 75.6 Å². The van der Waals surface area contributed by atoms with Gasteiger partial charge >= 0.3 is 5.97 Å². The van der Waals surface area contributed by atoms with Crippen molar-refractivity contribution >= 4 is 11.9 Å². The quantitative estimate of drug-likeness (QED) is 0.820. The molecule has 0 saturated carbocycles. The third kappa shape index (κ3) is 4.59. The van der Waals surface area contributed by atoms with Crippen molar-refractivity contribution in [2.45, 2.75) is 13.3 Å². The zero-order valence-electron chi connectivity index (χ0n) is 13.8. The van der Waals surface area contributed by atoms with Crippen LogP contribution in [0, 0.1) is 12.8 Å². The minimum Gasteiger partial charge on any atom is -0.496 e. The van der Waals surface area contributed by atoms with E-state index in [4.69, 9.17) is 4.74 Å². The molecule has 2 aromatic rings. The molecule has 0 bridgehead atoms. The van der Waals surface area contributed by atoms with Gasteiger partial charge in [0.2, 0.25) is 0 Å². The third-order valence-electron chi connectivity index (χ3n) is 3.85. The predicted molar refractivity (Wildman–Crippen MR) is 91.3 cm³/mol. The van der Waals surface area contributed by atoms with Crippen LogP contribution >= 0.6 is 0 Å². The van der Waals surface area contributed by atoms with Gasteiger partial charge < -0.3 is 15.2 Å². The Morgan fingerprint density at radius 3 is 2.50 bits per heavy atom. The average Bonchev–Trinajstić information content (AvgIpc) is 2.59. The molecule has 0 aliphatic heterocycles. The number of carbonyl (C=O) groups is 2. The predicted octanol–water partition coefficient (Wildman–Crippen LogP) is 2.68. The number of hydrogen-bond acceptors (Lipinski definition) is 3. The maximum Gasteiger partial charge on any atom is 0.308 e. The maximum absolute atomic E-state index is 12.2. The van der Waals surface area contributed by atoms with Crippen LogP contribution in [0.5, 0.6) is 5.75 Å². The van der Waals surface area contributed by atoms with Crippen molar-refractivity contribution in [2.75, 3.05) is 13.7 Å². The van der Waals surface area contributed by atoms with Gasteiger partial charge in [0.15, 0.2) is 0 Å². The number of rotatable bonds is 7. The number of carboxylic acid groups (broad SMARTS) is 1. The first-order valence-corrected chi connectivity index (χ1v) is 7.71. The van der Waals surface area contributed by atoms with Crippen molar-refractivity contribution in [3.8, 4) is 5.75 Å². The third-order valence-corrected chi connectivity index (χ3v) is 3.85. The van der Waals surface area contributed by atoms with E-state index in [2.05, 4.69) is 5.32 Å². The van der Waals surface area contributed by atoms with E-state index in [-0.39, 0.29) is 12.5 Å². The second-order valence-electron chi connectivity index (χ2n) is 5.62. The Labute approximate surface area is 141 Å². The summed E-state index contributed by atoms with van der Waals surface area (Å²) >= 11 is 0. The number of nitrogens with one attached hydrogen (secondary N) is 1. The lowest BCUT2D eigenvalue weighted by Gasteiger charge is -2.14. The van der Waals surface area contributed by atoms with Gasteiger partial charge in [0.05, 0.1) is 13.0 Å². The van der Waals surface area contributed by atoms with Gasteiger partial charge in [-0.3, -0.25) is 9.59 Å². The Kier molecular flexibility index (Phi) is 5.95. The molecule has 0 aliphatic carbocycles. The van der Waals surface area contributed by atoms with Gasteiger partial charge in [-0.05, 0) is 36.6 Å². The fourth-order valence-corrected chi connectivity index (χ4v) is 2.42. The van der Waals surface area contributed by atoms with E-state index in [1.54, 1.807) is 25.3 Å². The highest BCUT2D eigenvalue weighted by Gasteiger charge is 2.19. The summed E-state index contributed by atoms with van der Waals surface area (Å²) in [6.07, 6.45) is 0.369. The first kappa shape index (κ1) is 17.5. The number of benzene rings is 2. The Bertz CT molecular complexity index is 713. The van der Waals surface area contributed by atoms with E-state index < -0.39 is 11.9 Å². The summed E-state index contributed by atoms with van der Waals surface area (Å²) < 4.78 is 5.20. The number of carboxylic acids is 1. The molecule has 5 nitrogen and oxygen atoms in total. The first-order valence-electron chi connectivity index (χ1n) is 7.71. The first-order chi connectivity index (χ1) is 11.5. The molecule has 0 saturated heterocycles. The average molecular weight is 327 g/mol. The Balaban J connectivity index is 2.01. The second-order valence-corrected chi connectivity index (χ2v) is 5.62. The highest BCUT2D eigenvalue weighted by Crippen LogP contribution is 2.19. The molecule has 24 heavy (non-hydrogen) atoms. The number of carbonyl (C=O) groups excluding carboxylic acids is 1. The van der Waals surface area contributed by atoms with E-state index in [0.29, 0.717) is 17.7 Å². The molecule has 126 valence electrons. The van der Waals surface area contributed by atoms with Crippen molar-refractivity contribution < 1.29 is 19.4 Å². The molecule has 5 heteroatoms. The van der Waals surface area contributed by atoms with Crippen molar-refractivity contribution in [3.05, 3.63) is 65.2 Å². The van der Waals surface area contributed by atoms with Gasteiger partial charge in [0.25, 0.3) is 5.91 Å². The van der Waals surface area contributed by atoms with Crippen LogP contribution in [0.15, 0.2) is 48.5 Å². The van der Waals surface area contributed by atoms with Gasteiger partial charge in [-0.2, -0.15) is 0 Å². The highest BCUT2D eigenvalue weighted by atomic mass is 16.5.